The SMILES string of the molecule is CC(=O)N1CCN(c2ccc(C(=O)Nc3ccc(Cl)c([N+](=O)[O-])c3)cc2[N+](=O)[O-])CC1. The van der Waals surface area contributed by atoms with Crippen molar-refractivity contribution in [1.82, 2.24) is 4.90 Å². The molecule has 2 aromatic carbocycles. The summed E-state index contributed by atoms with van der Waals surface area (Å²) in [5.74, 6) is -0.712. The number of nitrogens with one attached hydrogen (secondary N) is 1. The molecule has 0 aliphatic carbocycles. The summed E-state index contributed by atoms with van der Waals surface area (Å²) in [6.07, 6.45) is 0. The van der Waals surface area contributed by atoms with Crippen LogP contribution in [0.1, 0.15) is 17.3 Å². The lowest BCUT2D eigenvalue weighted by Gasteiger charge is -2.35. The molecule has 1 aliphatic rings. The largest absolute Gasteiger partial charge is 0.362 e. The number of carbonyl (C=O) groups is 2. The molecule has 0 bridgehead atoms. The average Bonchev–Trinajstić information content (AvgIpc) is 2.74. The van der Waals surface area contributed by atoms with Gasteiger partial charge in [-0.05, 0) is 24.3 Å². The van der Waals surface area contributed by atoms with Crippen LogP contribution in [0, 0.1) is 20.2 Å². The molecular weight excluding hydrogens is 430 g/mol. The van der Waals surface area contributed by atoms with Crippen LogP contribution in [0.15, 0.2) is 36.4 Å². The number of amides is 2. The summed E-state index contributed by atoms with van der Waals surface area (Å²) in [5, 5.41) is 25.0. The number of halogens is 1. The van der Waals surface area contributed by atoms with Gasteiger partial charge in [-0.2, -0.15) is 0 Å². The minimum Gasteiger partial charge on any atom is -0.362 e. The Labute approximate surface area is 181 Å². The number of hydrogen-bond donors (Lipinski definition) is 1. The van der Waals surface area contributed by atoms with Crippen LogP contribution in [0.5, 0.6) is 0 Å². The fourth-order valence-electron chi connectivity index (χ4n) is 3.27. The molecule has 2 aromatic rings. The molecule has 0 atom stereocenters. The molecular formula is C19H18ClN5O6. The summed E-state index contributed by atoms with van der Waals surface area (Å²) in [5.41, 5.74) is -0.105. The summed E-state index contributed by atoms with van der Waals surface area (Å²) >= 11 is 5.76. The number of piperazine rings is 1. The van der Waals surface area contributed by atoms with E-state index in [0.717, 1.165) is 12.1 Å². The lowest BCUT2D eigenvalue weighted by Crippen LogP contribution is -2.48. The van der Waals surface area contributed by atoms with E-state index in [1.54, 1.807) is 9.80 Å². The molecule has 0 aromatic heterocycles. The van der Waals surface area contributed by atoms with Crippen molar-refractivity contribution in [2.24, 2.45) is 0 Å². The van der Waals surface area contributed by atoms with E-state index >= 15 is 0 Å². The van der Waals surface area contributed by atoms with Crippen molar-refractivity contribution in [2.45, 2.75) is 6.92 Å². The lowest BCUT2D eigenvalue weighted by molar-refractivity contribution is -0.384. The van der Waals surface area contributed by atoms with Gasteiger partial charge in [-0.3, -0.25) is 29.8 Å². The van der Waals surface area contributed by atoms with Crippen molar-refractivity contribution >= 4 is 46.2 Å². The van der Waals surface area contributed by atoms with E-state index < -0.39 is 15.8 Å². The number of anilines is 2. The van der Waals surface area contributed by atoms with E-state index in [1.165, 1.54) is 31.2 Å². The molecule has 0 spiro atoms. The number of benzene rings is 2. The summed E-state index contributed by atoms with van der Waals surface area (Å²) in [7, 11) is 0. The normalized spacial score (nSPS) is 13.6. The van der Waals surface area contributed by atoms with Gasteiger partial charge in [-0.1, -0.05) is 11.6 Å². The highest BCUT2D eigenvalue weighted by molar-refractivity contribution is 6.32. The van der Waals surface area contributed by atoms with Gasteiger partial charge >= 0.3 is 0 Å². The minimum absolute atomic E-state index is 0.0235. The molecule has 0 unspecified atom stereocenters. The van der Waals surface area contributed by atoms with Crippen LogP contribution in [0.25, 0.3) is 0 Å². The molecule has 0 saturated carbocycles. The number of hydrogen-bond acceptors (Lipinski definition) is 7. The molecule has 1 fully saturated rings. The Morgan fingerprint density at radius 1 is 0.968 bits per heavy atom. The first-order chi connectivity index (χ1) is 14.7. The lowest BCUT2D eigenvalue weighted by atomic mass is 10.1. The van der Waals surface area contributed by atoms with Gasteiger partial charge in [0.15, 0.2) is 0 Å². The molecule has 12 heteroatoms. The standard InChI is InChI=1S/C19H18ClN5O6/c1-12(26)22-6-8-23(9-7-22)16-5-2-13(10-18(16)25(30)31)19(27)21-14-3-4-15(20)17(11-14)24(28)29/h2-5,10-11H,6-9H2,1H3,(H,21,27). The number of nitrogens with zero attached hydrogens (tertiary/aromatic N) is 4. The predicted octanol–water partition coefficient (Wildman–Crippen LogP) is 3.08. The van der Waals surface area contributed by atoms with Crippen LogP contribution in [0.3, 0.4) is 0 Å². The van der Waals surface area contributed by atoms with E-state index in [1.807, 2.05) is 0 Å². The van der Waals surface area contributed by atoms with Crippen molar-refractivity contribution in [3.63, 3.8) is 0 Å². The highest BCUT2D eigenvalue weighted by Gasteiger charge is 2.26. The number of nitro benzene ring substituents is 2. The van der Waals surface area contributed by atoms with Crippen LogP contribution in [0.2, 0.25) is 5.02 Å². The molecule has 11 nitrogen and oxygen atoms in total. The van der Waals surface area contributed by atoms with Crippen LogP contribution in [-0.4, -0.2) is 52.7 Å². The van der Waals surface area contributed by atoms with Gasteiger partial charge in [0.05, 0.1) is 9.85 Å². The Morgan fingerprint density at radius 2 is 1.61 bits per heavy atom. The molecule has 1 aliphatic heterocycles. The Bertz CT molecular complexity index is 1070. The fraction of sp³-hybridized carbons (Fsp3) is 0.263. The van der Waals surface area contributed by atoms with Gasteiger partial charge in [0, 0.05) is 56.5 Å². The van der Waals surface area contributed by atoms with Gasteiger partial charge in [0.25, 0.3) is 17.3 Å². The molecule has 3 rings (SSSR count). The van der Waals surface area contributed by atoms with E-state index in [-0.39, 0.29) is 33.6 Å². The highest BCUT2D eigenvalue weighted by Crippen LogP contribution is 2.31. The van der Waals surface area contributed by atoms with E-state index in [2.05, 4.69) is 5.32 Å². The first-order valence-electron chi connectivity index (χ1n) is 9.21. The molecule has 1 heterocycles. The Hall–Kier alpha value is -3.73. The second-order valence-electron chi connectivity index (χ2n) is 6.83. The minimum atomic E-state index is -0.677. The van der Waals surface area contributed by atoms with Crippen LogP contribution < -0.4 is 10.2 Å². The van der Waals surface area contributed by atoms with Crippen LogP contribution in [0.4, 0.5) is 22.7 Å². The first-order valence-corrected chi connectivity index (χ1v) is 9.59. The van der Waals surface area contributed by atoms with Crippen LogP contribution in [-0.2, 0) is 4.79 Å². The maximum Gasteiger partial charge on any atom is 0.293 e. The van der Waals surface area contributed by atoms with Crippen molar-refractivity contribution in [1.29, 1.82) is 0 Å². The van der Waals surface area contributed by atoms with Crippen molar-refractivity contribution in [3.8, 4) is 0 Å². The third kappa shape index (κ3) is 4.89. The third-order valence-electron chi connectivity index (χ3n) is 4.90. The predicted molar refractivity (Wildman–Crippen MR) is 114 cm³/mol. The Balaban J connectivity index is 1.82. The topological polar surface area (TPSA) is 139 Å². The second-order valence-corrected chi connectivity index (χ2v) is 7.24. The first kappa shape index (κ1) is 22.0. The van der Waals surface area contributed by atoms with Gasteiger partial charge in [-0.25, -0.2) is 0 Å². The van der Waals surface area contributed by atoms with Gasteiger partial charge in [0.1, 0.15) is 10.7 Å². The van der Waals surface area contributed by atoms with E-state index in [4.69, 9.17) is 11.6 Å². The Morgan fingerprint density at radius 3 is 2.19 bits per heavy atom. The number of nitro groups is 2. The number of rotatable bonds is 5. The van der Waals surface area contributed by atoms with E-state index in [9.17, 15) is 29.8 Å². The van der Waals surface area contributed by atoms with Gasteiger partial charge < -0.3 is 15.1 Å². The van der Waals surface area contributed by atoms with Crippen molar-refractivity contribution in [3.05, 3.63) is 67.2 Å². The molecule has 1 saturated heterocycles. The molecule has 1 N–H and O–H groups in total. The zero-order valence-corrected chi connectivity index (χ0v) is 17.2. The molecule has 162 valence electrons. The van der Waals surface area contributed by atoms with E-state index in [0.29, 0.717) is 31.9 Å². The summed E-state index contributed by atoms with van der Waals surface area (Å²) < 4.78 is 0. The monoisotopic (exact) mass is 447 g/mol. The zero-order chi connectivity index (χ0) is 22.7. The number of carbonyl (C=O) groups excluding carboxylic acids is 2. The quantitative estimate of drug-likeness (QED) is 0.548. The molecule has 31 heavy (non-hydrogen) atoms. The zero-order valence-electron chi connectivity index (χ0n) is 16.4. The highest BCUT2D eigenvalue weighted by atomic mass is 35.5. The Kier molecular flexibility index (Phi) is 6.35. The third-order valence-corrected chi connectivity index (χ3v) is 5.22. The van der Waals surface area contributed by atoms with Crippen LogP contribution >= 0.6 is 11.6 Å². The fourth-order valence-corrected chi connectivity index (χ4v) is 3.46. The van der Waals surface area contributed by atoms with Crippen molar-refractivity contribution in [2.75, 3.05) is 36.4 Å². The summed E-state index contributed by atoms with van der Waals surface area (Å²) in [6.45, 7) is 3.23. The average molecular weight is 448 g/mol. The maximum atomic E-state index is 12.6. The smallest absolute Gasteiger partial charge is 0.293 e. The molecule has 2 amide bonds. The maximum absolute atomic E-state index is 12.6. The summed E-state index contributed by atoms with van der Waals surface area (Å²) in [6, 6.07) is 7.87. The van der Waals surface area contributed by atoms with Gasteiger partial charge in [0.2, 0.25) is 5.91 Å². The summed E-state index contributed by atoms with van der Waals surface area (Å²) in [4.78, 5) is 48.9. The van der Waals surface area contributed by atoms with Crippen molar-refractivity contribution < 1.29 is 19.4 Å². The molecule has 0 radical (unpaired) electrons. The second kappa shape index (κ2) is 8.96. The van der Waals surface area contributed by atoms with Gasteiger partial charge in [-0.15, -0.1) is 0 Å².